The molecule has 3 aliphatic carbocycles. The van der Waals surface area contributed by atoms with Crippen molar-refractivity contribution >= 4 is 10.8 Å². The van der Waals surface area contributed by atoms with E-state index in [0.29, 0.717) is 23.3 Å². The number of benzene rings is 8. The standard InChI is InChI=1S/C55H35N5/c1-4-16-35(17-5-1)52-56-48(33-49(57-52)41-26-14-22-34-15-10-11-23-40(34)41)38-27-29-44-46(31-38)50-42-24-12-13-25-43(42)51(44)47-32-39(28-30-45(47)50)55-59-53(36-18-6-2-7-19-36)58-54(60-55)37-20-8-3-9-21-37/h1-33,50-51H. The average Bonchev–Trinajstić information content (AvgIpc) is 3.33. The number of rotatable bonds is 6. The summed E-state index contributed by atoms with van der Waals surface area (Å²) in [6.45, 7) is 0. The summed E-state index contributed by atoms with van der Waals surface area (Å²) < 4.78 is 0. The maximum atomic E-state index is 5.25. The number of fused-ring (bicyclic) bond motifs is 1. The minimum Gasteiger partial charge on any atom is -0.228 e. The highest BCUT2D eigenvalue weighted by molar-refractivity contribution is 5.96. The van der Waals surface area contributed by atoms with Crippen LogP contribution in [-0.4, -0.2) is 24.9 Å². The van der Waals surface area contributed by atoms with Crippen LogP contribution >= 0.6 is 0 Å². The Morgan fingerprint density at radius 1 is 0.267 bits per heavy atom. The summed E-state index contributed by atoms with van der Waals surface area (Å²) in [5, 5.41) is 2.36. The Bertz CT molecular complexity index is 3210. The van der Waals surface area contributed by atoms with Gasteiger partial charge in [-0.05, 0) is 62.4 Å². The summed E-state index contributed by atoms with van der Waals surface area (Å²) in [6, 6.07) is 70.5. The minimum absolute atomic E-state index is 0.0609. The highest BCUT2D eigenvalue weighted by Crippen LogP contribution is 2.56. The van der Waals surface area contributed by atoms with Gasteiger partial charge in [-0.1, -0.05) is 182 Å². The van der Waals surface area contributed by atoms with E-state index < -0.39 is 0 Å². The van der Waals surface area contributed by atoms with E-state index in [9.17, 15) is 0 Å². The lowest BCUT2D eigenvalue weighted by atomic mass is 9.60. The van der Waals surface area contributed by atoms with Gasteiger partial charge in [0.15, 0.2) is 23.3 Å². The van der Waals surface area contributed by atoms with Crippen LogP contribution in [0.25, 0.3) is 78.8 Å². The van der Waals surface area contributed by atoms with E-state index >= 15 is 0 Å². The van der Waals surface area contributed by atoms with Crippen molar-refractivity contribution in [3.05, 3.63) is 234 Å². The largest absolute Gasteiger partial charge is 0.228 e. The average molecular weight is 766 g/mol. The Labute approximate surface area is 347 Å². The third kappa shape index (κ3) is 5.66. The van der Waals surface area contributed by atoms with Crippen LogP contribution in [-0.2, 0) is 0 Å². The number of nitrogens with zero attached hydrogens (tertiary/aromatic N) is 5. The van der Waals surface area contributed by atoms with Crippen LogP contribution in [0.1, 0.15) is 45.2 Å². The van der Waals surface area contributed by atoms with E-state index in [2.05, 4.69) is 146 Å². The van der Waals surface area contributed by atoms with Gasteiger partial charge < -0.3 is 0 Å². The molecule has 8 aromatic carbocycles. The number of aromatic nitrogens is 5. The summed E-state index contributed by atoms with van der Waals surface area (Å²) in [4.78, 5) is 25.6. The molecule has 280 valence electrons. The first-order chi connectivity index (χ1) is 29.7. The molecule has 0 spiro atoms. The fourth-order valence-corrected chi connectivity index (χ4v) is 9.35. The van der Waals surface area contributed by atoms with E-state index in [4.69, 9.17) is 24.9 Å². The first-order valence-electron chi connectivity index (χ1n) is 20.4. The smallest absolute Gasteiger partial charge is 0.164 e. The van der Waals surface area contributed by atoms with Crippen molar-refractivity contribution in [3.63, 3.8) is 0 Å². The van der Waals surface area contributed by atoms with Gasteiger partial charge in [-0.3, -0.25) is 0 Å². The quantitative estimate of drug-likeness (QED) is 0.169. The normalized spacial score (nSPS) is 14.7. The molecule has 2 heterocycles. The summed E-state index contributed by atoms with van der Waals surface area (Å²) in [7, 11) is 0. The molecule has 0 saturated heterocycles. The van der Waals surface area contributed by atoms with E-state index in [-0.39, 0.29) is 11.8 Å². The third-order valence-corrected chi connectivity index (χ3v) is 12.1. The molecular formula is C55H35N5. The SMILES string of the molecule is c1ccc(-c2nc(-c3ccc4c(c3)C3c5ccccc5C4c4cc(-c5nc(-c6ccccc6)nc(-c6ccccc6)n5)ccc43)cc(-c3cccc4ccccc34)n2)cc1. The van der Waals surface area contributed by atoms with Gasteiger partial charge in [0, 0.05) is 45.2 Å². The van der Waals surface area contributed by atoms with Gasteiger partial charge in [0.05, 0.1) is 11.4 Å². The predicted octanol–water partition coefficient (Wildman–Crippen LogP) is 12.8. The Kier molecular flexibility index (Phi) is 7.91. The van der Waals surface area contributed by atoms with Crippen molar-refractivity contribution in [1.29, 1.82) is 0 Å². The molecule has 0 fully saturated rings. The topological polar surface area (TPSA) is 64.5 Å². The molecule has 2 bridgehead atoms. The Morgan fingerprint density at radius 2 is 0.700 bits per heavy atom. The maximum absolute atomic E-state index is 5.25. The molecule has 13 rings (SSSR count). The van der Waals surface area contributed by atoms with Crippen molar-refractivity contribution < 1.29 is 0 Å². The molecule has 2 aromatic heterocycles. The van der Waals surface area contributed by atoms with Crippen LogP contribution in [0.4, 0.5) is 0 Å². The fraction of sp³-hybridized carbons (Fsp3) is 0.0364. The molecule has 0 aliphatic heterocycles. The molecule has 3 aliphatic rings. The zero-order valence-electron chi connectivity index (χ0n) is 32.4. The molecule has 2 unspecified atom stereocenters. The monoisotopic (exact) mass is 765 g/mol. The van der Waals surface area contributed by atoms with Crippen LogP contribution < -0.4 is 0 Å². The zero-order valence-corrected chi connectivity index (χ0v) is 32.4. The van der Waals surface area contributed by atoms with Gasteiger partial charge in [-0.25, -0.2) is 24.9 Å². The molecule has 10 aromatic rings. The van der Waals surface area contributed by atoms with Gasteiger partial charge in [-0.2, -0.15) is 0 Å². The highest BCUT2D eigenvalue weighted by atomic mass is 15.0. The third-order valence-electron chi connectivity index (χ3n) is 12.1. The van der Waals surface area contributed by atoms with Gasteiger partial charge in [0.2, 0.25) is 0 Å². The molecule has 0 saturated carbocycles. The van der Waals surface area contributed by atoms with E-state index in [1.165, 1.54) is 44.2 Å². The second kappa shape index (κ2) is 13.9. The van der Waals surface area contributed by atoms with Crippen LogP contribution in [0.15, 0.2) is 200 Å². The van der Waals surface area contributed by atoms with E-state index in [1.807, 2.05) is 54.6 Å². The predicted molar refractivity (Wildman–Crippen MR) is 240 cm³/mol. The lowest BCUT2D eigenvalue weighted by Crippen LogP contribution is -2.27. The van der Waals surface area contributed by atoms with Gasteiger partial charge >= 0.3 is 0 Å². The molecule has 0 amide bonds. The second-order valence-corrected chi connectivity index (χ2v) is 15.6. The van der Waals surface area contributed by atoms with E-state index in [0.717, 1.165) is 44.8 Å². The Balaban J connectivity index is 0.999. The van der Waals surface area contributed by atoms with Crippen LogP contribution in [0.2, 0.25) is 0 Å². The Morgan fingerprint density at radius 3 is 1.30 bits per heavy atom. The van der Waals surface area contributed by atoms with Crippen LogP contribution in [0.5, 0.6) is 0 Å². The fourth-order valence-electron chi connectivity index (χ4n) is 9.35. The molecule has 60 heavy (non-hydrogen) atoms. The summed E-state index contributed by atoms with van der Waals surface area (Å²) >= 11 is 0. The van der Waals surface area contributed by atoms with Crippen LogP contribution in [0, 0.1) is 0 Å². The first-order valence-corrected chi connectivity index (χ1v) is 20.4. The van der Waals surface area contributed by atoms with Crippen molar-refractivity contribution in [2.24, 2.45) is 0 Å². The number of hydrogen-bond donors (Lipinski definition) is 0. The molecule has 0 N–H and O–H groups in total. The molecule has 2 atom stereocenters. The van der Waals surface area contributed by atoms with Crippen molar-refractivity contribution in [2.75, 3.05) is 0 Å². The summed E-state index contributed by atoms with van der Waals surface area (Å²) in [6.07, 6.45) is 0. The van der Waals surface area contributed by atoms with Crippen molar-refractivity contribution in [2.45, 2.75) is 11.8 Å². The summed E-state index contributed by atoms with van der Waals surface area (Å²) in [5.74, 6) is 2.82. The van der Waals surface area contributed by atoms with Gasteiger partial charge in [0.25, 0.3) is 0 Å². The lowest BCUT2D eigenvalue weighted by Gasteiger charge is -2.42. The van der Waals surface area contributed by atoms with Crippen LogP contribution in [0.3, 0.4) is 0 Å². The zero-order chi connectivity index (χ0) is 39.6. The maximum Gasteiger partial charge on any atom is 0.164 e. The van der Waals surface area contributed by atoms with Gasteiger partial charge in [-0.15, -0.1) is 0 Å². The highest BCUT2D eigenvalue weighted by Gasteiger charge is 2.41. The number of hydrogen-bond acceptors (Lipinski definition) is 5. The van der Waals surface area contributed by atoms with E-state index in [1.54, 1.807) is 0 Å². The minimum atomic E-state index is 0.0609. The molecule has 5 nitrogen and oxygen atoms in total. The Hall–Kier alpha value is -7.89. The first kappa shape index (κ1) is 34.2. The summed E-state index contributed by atoms with van der Waals surface area (Å²) in [5.41, 5.74) is 15.8. The van der Waals surface area contributed by atoms with Crippen molar-refractivity contribution in [1.82, 2.24) is 24.9 Å². The lowest BCUT2D eigenvalue weighted by molar-refractivity contribution is 0.754. The molecule has 0 radical (unpaired) electrons. The molecule has 5 heteroatoms. The van der Waals surface area contributed by atoms with Gasteiger partial charge in [0.1, 0.15) is 0 Å². The van der Waals surface area contributed by atoms with Crippen molar-refractivity contribution in [3.8, 4) is 68.1 Å². The molecular weight excluding hydrogens is 731 g/mol. The second-order valence-electron chi connectivity index (χ2n) is 15.6.